The van der Waals surface area contributed by atoms with E-state index < -0.39 is 11.9 Å². The minimum atomic E-state index is -4.42. The minimum Gasteiger partial charge on any atom is -0.356 e. The van der Waals surface area contributed by atoms with Gasteiger partial charge >= 0.3 is 6.18 Å². The first-order chi connectivity index (χ1) is 10.9. The Kier molecular flexibility index (Phi) is 5.53. The fourth-order valence-electron chi connectivity index (χ4n) is 1.63. The predicted molar refractivity (Wildman–Crippen MR) is 78.1 cm³/mol. The number of nitrogens with one attached hydrogen (secondary N) is 2. The van der Waals surface area contributed by atoms with Crippen molar-refractivity contribution < 1.29 is 17.7 Å². The van der Waals surface area contributed by atoms with E-state index in [0.29, 0.717) is 35.6 Å². The first-order valence-corrected chi connectivity index (χ1v) is 7.51. The highest BCUT2D eigenvalue weighted by atomic mass is 32.1. The zero-order valence-electron chi connectivity index (χ0n) is 12.4. The molecule has 7 nitrogen and oxygen atoms in total. The highest BCUT2D eigenvalue weighted by molar-refractivity contribution is 7.09. The zero-order chi connectivity index (χ0) is 16.9. The Morgan fingerprint density at radius 3 is 2.70 bits per heavy atom. The number of aryl methyl sites for hydroxylation is 1. The Morgan fingerprint density at radius 1 is 1.35 bits per heavy atom. The van der Waals surface area contributed by atoms with Gasteiger partial charge < -0.3 is 15.2 Å². The molecule has 23 heavy (non-hydrogen) atoms. The molecular weight excluding hydrogens is 333 g/mol. The first kappa shape index (κ1) is 17.2. The summed E-state index contributed by atoms with van der Waals surface area (Å²) in [5.74, 6) is 1.51. The molecule has 0 aliphatic carbocycles. The van der Waals surface area contributed by atoms with E-state index >= 15 is 0 Å². The van der Waals surface area contributed by atoms with Crippen molar-refractivity contribution in [2.75, 3.05) is 13.6 Å². The van der Waals surface area contributed by atoms with Gasteiger partial charge in [0, 0.05) is 25.4 Å². The van der Waals surface area contributed by atoms with E-state index in [9.17, 15) is 13.2 Å². The molecule has 0 saturated carbocycles. The molecule has 0 radical (unpaired) electrons. The number of thiazole rings is 1. The number of hydrogen-bond acceptors (Lipinski definition) is 6. The summed E-state index contributed by atoms with van der Waals surface area (Å²) in [6.07, 6.45) is -3.91. The first-order valence-electron chi connectivity index (χ1n) is 6.64. The van der Waals surface area contributed by atoms with Gasteiger partial charge in [-0.15, -0.1) is 11.3 Å². The molecule has 0 unspecified atom stereocenters. The molecule has 0 spiro atoms. The van der Waals surface area contributed by atoms with Gasteiger partial charge in [-0.2, -0.15) is 18.2 Å². The molecule has 0 aliphatic heterocycles. The number of aliphatic imine (C=N–C) groups is 1. The number of guanidine groups is 1. The summed E-state index contributed by atoms with van der Waals surface area (Å²) >= 11 is 0.943. The van der Waals surface area contributed by atoms with Crippen LogP contribution in [-0.2, 0) is 19.1 Å². The molecule has 2 rings (SSSR count). The minimum absolute atomic E-state index is 0.153. The van der Waals surface area contributed by atoms with Crippen molar-refractivity contribution in [1.29, 1.82) is 0 Å². The van der Waals surface area contributed by atoms with Gasteiger partial charge in [0.1, 0.15) is 5.01 Å². The zero-order valence-corrected chi connectivity index (χ0v) is 13.3. The summed E-state index contributed by atoms with van der Waals surface area (Å²) in [4.78, 5) is 11.6. The lowest BCUT2D eigenvalue weighted by atomic mass is 10.4. The molecule has 2 aromatic heterocycles. The number of hydrogen-bond donors (Lipinski definition) is 2. The van der Waals surface area contributed by atoms with Crippen molar-refractivity contribution in [1.82, 2.24) is 25.8 Å². The van der Waals surface area contributed by atoms with Crippen molar-refractivity contribution in [2.24, 2.45) is 4.99 Å². The molecule has 0 atom stereocenters. The van der Waals surface area contributed by atoms with Crippen LogP contribution in [0.15, 0.2) is 14.9 Å². The second kappa shape index (κ2) is 7.40. The van der Waals surface area contributed by atoms with E-state index in [0.717, 1.165) is 16.7 Å². The lowest BCUT2D eigenvalue weighted by Crippen LogP contribution is -2.37. The van der Waals surface area contributed by atoms with Crippen LogP contribution in [0.2, 0.25) is 0 Å². The number of aromatic nitrogens is 3. The molecule has 126 valence electrons. The average Bonchev–Trinajstić information content (AvgIpc) is 3.11. The van der Waals surface area contributed by atoms with Crippen LogP contribution in [0.4, 0.5) is 13.2 Å². The molecule has 0 saturated heterocycles. The number of halogens is 3. The third-order valence-electron chi connectivity index (χ3n) is 2.67. The summed E-state index contributed by atoms with van der Waals surface area (Å²) in [7, 11) is 1.56. The smallest absolute Gasteiger partial charge is 0.356 e. The molecule has 0 aliphatic rings. The van der Waals surface area contributed by atoms with Crippen LogP contribution in [-0.4, -0.2) is 34.7 Å². The molecule has 2 N–H and O–H groups in total. The van der Waals surface area contributed by atoms with E-state index in [4.69, 9.17) is 4.52 Å². The van der Waals surface area contributed by atoms with Crippen molar-refractivity contribution in [3.8, 4) is 0 Å². The summed E-state index contributed by atoms with van der Waals surface area (Å²) < 4.78 is 42.4. The van der Waals surface area contributed by atoms with Crippen LogP contribution in [0.25, 0.3) is 0 Å². The van der Waals surface area contributed by atoms with Crippen LogP contribution in [0.5, 0.6) is 0 Å². The quantitative estimate of drug-likeness (QED) is 0.632. The fourth-order valence-corrected chi connectivity index (χ4v) is 2.37. The Hall–Kier alpha value is -2.17. The number of nitrogens with zero attached hydrogens (tertiary/aromatic N) is 4. The lowest BCUT2D eigenvalue weighted by molar-refractivity contribution is -0.140. The summed E-state index contributed by atoms with van der Waals surface area (Å²) in [6, 6.07) is 0. The normalized spacial score (nSPS) is 12.5. The van der Waals surface area contributed by atoms with Crippen LogP contribution in [0.1, 0.15) is 22.4 Å². The molecule has 2 heterocycles. The van der Waals surface area contributed by atoms with Gasteiger partial charge in [-0.05, 0) is 6.92 Å². The number of rotatable bonds is 5. The highest BCUT2D eigenvalue weighted by Crippen LogP contribution is 2.29. The van der Waals surface area contributed by atoms with Crippen LogP contribution in [0.3, 0.4) is 0 Å². The van der Waals surface area contributed by atoms with Gasteiger partial charge in [0.2, 0.25) is 5.89 Å². The molecule has 0 amide bonds. The van der Waals surface area contributed by atoms with E-state index in [1.165, 1.54) is 0 Å². The maximum atomic E-state index is 12.5. The van der Waals surface area contributed by atoms with Crippen LogP contribution < -0.4 is 10.6 Å². The lowest BCUT2D eigenvalue weighted by Gasteiger charge is -2.09. The van der Waals surface area contributed by atoms with E-state index in [-0.39, 0.29) is 6.54 Å². The molecule has 0 aromatic carbocycles. The monoisotopic (exact) mass is 348 g/mol. The highest BCUT2D eigenvalue weighted by Gasteiger charge is 2.33. The standard InChI is InChI=1S/C12H15F3N6OS/c1-7-19-9(22-21-7)3-4-17-11(16-2)18-5-10-20-8(6-23-10)12(13,14)15/h6H,3-5H2,1-2H3,(H2,16,17,18). The van der Waals surface area contributed by atoms with Gasteiger partial charge in [-0.3, -0.25) is 4.99 Å². The second-order valence-electron chi connectivity index (χ2n) is 4.46. The van der Waals surface area contributed by atoms with Gasteiger partial charge in [-0.1, -0.05) is 5.16 Å². The maximum Gasteiger partial charge on any atom is 0.434 e. The third-order valence-corrected chi connectivity index (χ3v) is 3.52. The van der Waals surface area contributed by atoms with Gasteiger partial charge in [-0.25, -0.2) is 4.98 Å². The Bertz CT molecular complexity index is 666. The Labute approximate surface area is 134 Å². The van der Waals surface area contributed by atoms with Crippen LogP contribution in [0, 0.1) is 6.92 Å². The molecule has 2 aromatic rings. The predicted octanol–water partition coefficient (Wildman–Crippen LogP) is 1.76. The van der Waals surface area contributed by atoms with E-state index in [1.807, 2.05) is 0 Å². The van der Waals surface area contributed by atoms with Gasteiger partial charge in [0.05, 0.1) is 6.54 Å². The molecule has 0 fully saturated rings. The van der Waals surface area contributed by atoms with Gasteiger partial charge in [0.15, 0.2) is 17.5 Å². The van der Waals surface area contributed by atoms with Crippen molar-refractivity contribution >= 4 is 17.3 Å². The SMILES string of the molecule is CN=C(NCCc1nc(C)no1)NCc1nc(C(F)(F)F)cs1. The molecule has 0 bridgehead atoms. The van der Waals surface area contributed by atoms with Crippen LogP contribution >= 0.6 is 11.3 Å². The Balaban J connectivity index is 1.77. The van der Waals surface area contributed by atoms with E-state index in [2.05, 4.69) is 30.8 Å². The molecular formula is C12H15F3N6OS. The third kappa shape index (κ3) is 5.20. The van der Waals surface area contributed by atoms with Crippen molar-refractivity contribution in [3.63, 3.8) is 0 Å². The van der Waals surface area contributed by atoms with Crippen molar-refractivity contribution in [2.45, 2.75) is 26.1 Å². The van der Waals surface area contributed by atoms with Crippen molar-refractivity contribution in [3.05, 3.63) is 27.8 Å². The number of alkyl halides is 3. The molecule has 11 heteroatoms. The maximum absolute atomic E-state index is 12.5. The second-order valence-corrected chi connectivity index (χ2v) is 5.40. The summed E-state index contributed by atoms with van der Waals surface area (Å²) in [6.45, 7) is 2.37. The van der Waals surface area contributed by atoms with E-state index in [1.54, 1.807) is 14.0 Å². The topological polar surface area (TPSA) is 88.2 Å². The Morgan fingerprint density at radius 2 is 2.13 bits per heavy atom. The fraction of sp³-hybridized carbons (Fsp3) is 0.500. The summed E-state index contributed by atoms with van der Waals surface area (Å²) in [5.41, 5.74) is -0.881. The largest absolute Gasteiger partial charge is 0.434 e. The van der Waals surface area contributed by atoms with Gasteiger partial charge in [0.25, 0.3) is 0 Å². The average molecular weight is 348 g/mol. The summed E-state index contributed by atoms with van der Waals surface area (Å²) in [5, 5.41) is 10.9.